The van der Waals surface area contributed by atoms with E-state index in [9.17, 15) is 14.4 Å². The third kappa shape index (κ3) is 3.15. The average Bonchev–Trinajstić information content (AvgIpc) is 3.31. The molecule has 146 valence electrons. The number of nitrogens with one attached hydrogen (secondary N) is 1. The van der Waals surface area contributed by atoms with Crippen molar-refractivity contribution in [3.63, 3.8) is 0 Å². The van der Waals surface area contributed by atoms with Gasteiger partial charge in [0.25, 0.3) is 5.56 Å². The number of amides is 1. The van der Waals surface area contributed by atoms with E-state index in [0.717, 1.165) is 4.68 Å². The molecule has 28 heavy (non-hydrogen) atoms. The molecule has 4 heterocycles. The Bertz CT molecular complexity index is 1280. The first kappa shape index (κ1) is 18.2. The van der Waals surface area contributed by atoms with Gasteiger partial charge in [0.2, 0.25) is 11.7 Å². The quantitative estimate of drug-likeness (QED) is 0.557. The van der Waals surface area contributed by atoms with Crippen LogP contribution in [-0.4, -0.2) is 30.2 Å². The molecule has 0 saturated heterocycles. The Hall–Kier alpha value is -3.14. The van der Waals surface area contributed by atoms with Crippen molar-refractivity contribution in [2.24, 2.45) is 0 Å². The maximum atomic E-state index is 13.0. The first-order valence-corrected chi connectivity index (χ1v) is 9.55. The third-order valence-corrected chi connectivity index (χ3v) is 4.98. The highest BCUT2D eigenvalue weighted by Crippen LogP contribution is 2.18. The molecular weight excluding hydrogens is 382 g/mol. The minimum atomic E-state index is -0.476. The minimum Gasteiger partial charge on any atom is -0.467 e. The molecule has 1 N–H and O–H groups in total. The summed E-state index contributed by atoms with van der Waals surface area (Å²) in [5.41, 5.74) is -0.684. The maximum Gasteiger partial charge on any atom is 0.352 e. The van der Waals surface area contributed by atoms with Crippen LogP contribution in [0.4, 0.5) is 0 Å². The lowest BCUT2D eigenvalue weighted by atomic mass is 10.1. The van der Waals surface area contributed by atoms with Gasteiger partial charge in [-0.2, -0.15) is 0 Å². The minimum absolute atomic E-state index is 0.133. The molecule has 0 fully saturated rings. The van der Waals surface area contributed by atoms with E-state index in [2.05, 4.69) is 10.4 Å². The standard InChI is InChI=1S/C18H19N5O4S/c1-18(2,3)19-13(24)10-22-17(26)23-12-6-8-28-14(12)15(25)21(16(23)20-22)9-11-5-4-7-27-11/h4-8H,9-10H2,1-3H3,(H,19,24). The number of fused-ring (bicyclic) bond motifs is 3. The Balaban J connectivity index is 1.89. The van der Waals surface area contributed by atoms with Gasteiger partial charge in [0.05, 0.1) is 18.3 Å². The smallest absolute Gasteiger partial charge is 0.352 e. The summed E-state index contributed by atoms with van der Waals surface area (Å²) in [5, 5.41) is 8.84. The predicted molar refractivity (Wildman–Crippen MR) is 105 cm³/mol. The number of hydrogen-bond donors (Lipinski definition) is 1. The molecule has 0 aromatic carbocycles. The molecule has 4 aromatic heterocycles. The van der Waals surface area contributed by atoms with E-state index >= 15 is 0 Å². The summed E-state index contributed by atoms with van der Waals surface area (Å²) in [6.45, 7) is 5.46. The molecule has 4 rings (SSSR count). The topological polar surface area (TPSA) is 104 Å². The summed E-state index contributed by atoms with van der Waals surface area (Å²) < 4.78 is 9.62. The summed E-state index contributed by atoms with van der Waals surface area (Å²) in [6, 6.07) is 5.17. The summed E-state index contributed by atoms with van der Waals surface area (Å²) >= 11 is 1.26. The number of carbonyl (C=O) groups is 1. The SMILES string of the molecule is CC(C)(C)NC(=O)Cn1nc2n(Cc3ccco3)c(=O)c3sccc3n2c1=O. The van der Waals surface area contributed by atoms with Crippen molar-refractivity contribution < 1.29 is 9.21 Å². The fourth-order valence-corrected chi connectivity index (χ4v) is 3.86. The van der Waals surface area contributed by atoms with Gasteiger partial charge in [-0.3, -0.25) is 14.2 Å². The van der Waals surface area contributed by atoms with E-state index in [1.807, 2.05) is 20.8 Å². The van der Waals surface area contributed by atoms with Crippen LogP contribution in [-0.2, 0) is 17.9 Å². The number of thiophene rings is 1. The van der Waals surface area contributed by atoms with Gasteiger partial charge in [-0.05, 0) is 44.4 Å². The Morgan fingerprint density at radius 2 is 2.07 bits per heavy atom. The van der Waals surface area contributed by atoms with Crippen LogP contribution in [0.3, 0.4) is 0 Å². The number of carbonyl (C=O) groups excluding carboxylic acids is 1. The van der Waals surface area contributed by atoms with Crippen molar-refractivity contribution in [3.05, 3.63) is 56.4 Å². The zero-order chi connectivity index (χ0) is 20.1. The number of rotatable bonds is 4. The van der Waals surface area contributed by atoms with Gasteiger partial charge in [-0.25, -0.2) is 13.9 Å². The Kier molecular flexibility index (Phi) is 4.22. The van der Waals surface area contributed by atoms with E-state index in [0.29, 0.717) is 16.0 Å². The molecule has 0 radical (unpaired) electrons. The number of aromatic nitrogens is 4. The van der Waals surface area contributed by atoms with Crippen LogP contribution in [0.15, 0.2) is 43.8 Å². The maximum absolute atomic E-state index is 13.0. The number of hydrogen-bond acceptors (Lipinski definition) is 6. The molecule has 4 aromatic rings. The fraction of sp³-hybridized carbons (Fsp3) is 0.333. The number of furan rings is 1. The van der Waals surface area contributed by atoms with Gasteiger partial charge >= 0.3 is 5.69 Å². The second kappa shape index (κ2) is 6.48. The van der Waals surface area contributed by atoms with Gasteiger partial charge in [0.1, 0.15) is 17.0 Å². The van der Waals surface area contributed by atoms with Gasteiger partial charge < -0.3 is 9.73 Å². The summed E-state index contributed by atoms with van der Waals surface area (Å²) in [5.74, 6) is 0.396. The predicted octanol–water partition coefficient (Wildman–Crippen LogP) is 1.43. The van der Waals surface area contributed by atoms with Crippen molar-refractivity contribution in [2.75, 3.05) is 0 Å². The number of nitrogens with zero attached hydrogens (tertiary/aromatic N) is 4. The van der Waals surface area contributed by atoms with Crippen LogP contribution in [0.2, 0.25) is 0 Å². The van der Waals surface area contributed by atoms with E-state index in [1.54, 1.807) is 23.6 Å². The lowest BCUT2D eigenvalue weighted by molar-refractivity contribution is -0.123. The van der Waals surface area contributed by atoms with Crippen molar-refractivity contribution in [2.45, 2.75) is 39.4 Å². The molecule has 0 unspecified atom stereocenters. The van der Waals surface area contributed by atoms with Crippen molar-refractivity contribution in [3.8, 4) is 0 Å². The zero-order valence-corrected chi connectivity index (χ0v) is 16.4. The van der Waals surface area contributed by atoms with Crippen molar-refractivity contribution in [1.82, 2.24) is 24.1 Å². The monoisotopic (exact) mass is 401 g/mol. The van der Waals surface area contributed by atoms with Gasteiger partial charge in [-0.15, -0.1) is 16.4 Å². The van der Waals surface area contributed by atoms with Crippen molar-refractivity contribution >= 4 is 33.2 Å². The van der Waals surface area contributed by atoms with E-state index in [4.69, 9.17) is 4.42 Å². The van der Waals surface area contributed by atoms with E-state index < -0.39 is 11.2 Å². The Morgan fingerprint density at radius 3 is 2.75 bits per heavy atom. The molecule has 9 nitrogen and oxygen atoms in total. The molecule has 10 heteroatoms. The highest BCUT2D eigenvalue weighted by Gasteiger charge is 2.21. The molecule has 0 aliphatic carbocycles. The molecule has 0 bridgehead atoms. The molecule has 0 spiro atoms. The van der Waals surface area contributed by atoms with E-state index in [1.165, 1.54) is 26.6 Å². The van der Waals surface area contributed by atoms with Crippen LogP contribution >= 0.6 is 11.3 Å². The third-order valence-electron chi connectivity index (χ3n) is 4.09. The van der Waals surface area contributed by atoms with Crippen LogP contribution in [0, 0.1) is 0 Å². The second-order valence-electron chi connectivity index (χ2n) is 7.48. The zero-order valence-electron chi connectivity index (χ0n) is 15.6. The normalized spacial score (nSPS) is 12.1. The average molecular weight is 401 g/mol. The summed E-state index contributed by atoms with van der Waals surface area (Å²) in [4.78, 5) is 38.2. The van der Waals surface area contributed by atoms with Crippen LogP contribution in [0.25, 0.3) is 16.0 Å². The Morgan fingerprint density at radius 1 is 1.29 bits per heavy atom. The lowest BCUT2D eigenvalue weighted by Crippen LogP contribution is -2.43. The molecule has 0 aliphatic rings. The highest BCUT2D eigenvalue weighted by molar-refractivity contribution is 7.17. The van der Waals surface area contributed by atoms with Gasteiger partial charge in [0.15, 0.2) is 0 Å². The van der Waals surface area contributed by atoms with Gasteiger partial charge in [0, 0.05) is 5.54 Å². The molecule has 0 aliphatic heterocycles. The first-order valence-electron chi connectivity index (χ1n) is 8.67. The van der Waals surface area contributed by atoms with Crippen LogP contribution in [0.1, 0.15) is 26.5 Å². The molecule has 0 saturated carbocycles. The van der Waals surface area contributed by atoms with Gasteiger partial charge in [-0.1, -0.05) is 0 Å². The Labute approximate surface area is 162 Å². The highest BCUT2D eigenvalue weighted by atomic mass is 32.1. The second-order valence-corrected chi connectivity index (χ2v) is 8.40. The van der Waals surface area contributed by atoms with E-state index in [-0.39, 0.29) is 30.3 Å². The summed E-state index contributed by atoms with van der Waals surface area (Å²) in [6.07, 6.45) is 1.52. The largest absolute Gasteiger partial charge is 0.467 e. The fourth-order valence-electron chi connectivity index (χ4n) is 3.03. The van der Waals surface area contributed by atoms with Crippen molar-refractivity contribution in [1.29, 1.82) is 0 Å². The van der Waals surface area contributed by atoms with Crippen LogP contribution < -0.4 is 16.6 Å². The summed E-state index contributed by atoms with van der Waals surface area (Å²) in [7, 11) is 0. The molecule has 1 amide bonds. The molecular formula is C18H19N5O4S. The van der Waals surface area contributed by atoms with Crippen LogP contribution in [0.5, 0.6) is 0 Å². The lowest BCUT2D eigenvalue weighted by Gasteiger charge is -2.20. The molecule has 0 atom stereocenters. The first-order chi connectivity index (χ1) is 13.2.